The Morgan fingerprint density at radius 1 is 1.28 bits per heavy atom. The maximum Gasteiger partial charge on any atom is 0.204 e. The van der Waals surface area contributed by atoms with Crippen LogP contribution >= 0.6 is 11.6 Å². The third-order valence-corrected chi connectivity index (χ3v) is 9.50. The lowest BCUT2D eigenvalue weighted by Crippen LogP contribution is -2.32. The van der Waals surface area contributed by atoms with Crippen molar-refractivity contribution < 1.29 is 4.70 Å². The number of anilines is 1. The number of nitrogens with one attached hydrogen (secondary N) is 1. The molecule has 0 bridgehead atoms. The van der Waals surface area contributed by atoms with Crippen LogP contribution in [0.5, 0.6) is 0 Å². The number of aliphatic imine (C=N–C) groups is 1. The summed E-state index contributed by atoms with van der Waals surface area (Å²) in [6, 6.07) is 4.12. The van der Waals surface area contributed by atoms with Gasteiger partial charge in [-0.3, -0.25) is 10.1 Å². The summed E-state index contributed by atoms with van der Waals surface area (Å²) in [6.07, 6.45) is 7.51. The molecule has 1 unspecified atom stereocenters. The van der Waals surface area contributed by atoms with Gasteiger partial charge in [0.15, 0.2) is 7.05 Å². The van der Waals surface area contributed by atoms with E-state index in [0.717, 1.165) is 65.7 Å². The lowest BCUT2D eigenvalue weighted by molar-refractivity contribution is -0.594. The Morgan fingerprint density at radius 3 is 2.92 bits per heavy atom. The van der Waals surface area contributed by atoms with E-state index in [1.165, 1.54) is 17.8 Å². The largest absolute Gasteiger partial charge is 0.355 e. The number of halogens is 1. The van der Waals surface area contributed by atoms with E-state index in [1.54, 1.807) is 0 Å². The molecule has 1 aromatic carbocycles. The number of fused-ring (bicyclic) bond motifs is 3. The van der Waals surface area contributed by atoms with Gasteiger partial charge in [0.25, 0.3) is 0 Å². The number of aromatic amines is 1. The minimum Gasteiger partial charge on any atom is -0.355 e. The zero-order valence-corrected chi connectivity index (χ0v) is 21.8. The van der Waals surface area contributed by atoms with Crippen LogP contribution < -0.4 is 4.90 Å². The molecule has 2 fully saturated rings. The Labute approximate surface area is 215 Å². The number of H-pyrrole nitrogens is 1. The molecular formula is C27H30ClN8+. The third-order valence-electron chi connectivity index (χ3n) is 9.10. The number of allylic oxidation sites excluding steroid dienone is 2. The van der Waals surface area contributed by atoms with Crippen molar-refractivity contribution in [2.24, 2.45) is 27.4 Å². The summed E-state index contributed by atoms with van der Waals surface area (Å²) in [7, 11) is 1.97. The second kappa shape index (κ2) is 7.68. The van der Waals surface area contributed by atoms with Gasteiger partial charge in [0, 0.05) is 48.8 Å². The summed E-state index contributed by atoms with van der Waals surface area (Å²) in [4.78, 5) is 17.1. The Hall–Kier alpha value is -3.13. The van der Waals surface area contributed by atoms with Gasteiger partial charge in [-0.1, -0.05) is 24.6 Å². The number of hydrogen-bond acceptors (Lipinski definition) is 6. The fourth-order valence-corrected chi connectivity index (χ4v) is 7.43. The Balaban J connectivity index is 1.17. The van der Waals surface area contributed by atoms with Gasteiger partial charge in [-0.25, -0.2) is 9.97 Å². The van der Waals surface area contributed by atoms with E-state index in [2.05, 4.69) is 47.1 Å². The van der Waals surface area contributed by atoms with Gasteiger partial charge in [-0.05, 0) is 48.8 Å². The van der Waals surface area contributed by atoms with Crippen molar-refractivity contribution in [3.8, 4) is 11.3 Å². The van der Waals surface area contributed by atoms with Crippen LogP contribution in [-0.2, 0) is 0 Å². The molecule has 0 radical (unpaired) electrons. The molecular weight excluding hydrogens is 472 g/mol. The number of hydrogen-bond donors (Lipinski definition) is 1. The highest BCUT2D eigenvalue weighted by molar-refractivity contribution is 6.34. The summed E-state index contributed by atoms with van der Waals surface area (Å²) in [5.41, 5.74) is 7.82. The summed E-state index contributed by atoms with van der Waals surface area (Å²) >= 11 is 6.88. The third kappa shape index (κ3) is 2.94. The van der Waals surface area contributed by atoms with E-state index in [-0.39, 0.29) is 11.5 Å². The Kier molecular flexibility index (Phi) is 4.72. The molecule has 0 amide bonds. The highest BCUT2D eigenvalue weighted by Crippen LogP contribution is 2.66. The van der Waals surface area contributed by atoms with Crippen LogP contribution in [-0.4, -0.2) is 50.7 Å². The molecule has 9 heteroatoms. The molecule has 1 saturated carbocycles. The van der Waals surface area contributed by atoms with E-state index in [1.807, 2.05) is 30.1 Å². The van der Waals surface area contributed by atoms with Gasteiger partial charge in [-0.2, -0.15) is 5.10 Å². The highest BCUT2D eigenvalue weighted by Gasteiger charge is 2.66. The molecule has 5 heterocycles. The predicted molar refractivity (Wildman–Crippen MR) is 141 cm³/mol. The Bertz CT molecular complexity index is 1520. The van der Waals surface area contributed by atoms with Gasteiger partial charge in [0.1, 0.15) is 17.0 Å². The van der Waals surface area contributed by atoms with Crippen LogP contribution in [0.1, 0.15) is 51.6 Å². The smallest absolute Gasteiger partial charge is 0.204 e. The minimum absolute atomic E-state index is 0.120. The number of nitrogens with zero attached hydrogens (tertiary/aromatic N) is 7. The quantitative estimate of drug-likeness (QED) is 0.439. The maximum atomic E-state index is 6.88. The zero-order valence-electron chi connectivity index (χ0n) is 21.1. The standard InChI is InChI=1S/C27H29ClN8/c1-5-27(20-9-6-14(2)30-20)17-10-11-36(13-18(17)27)21-12-29-25-24(32-33-26(25)31-21)16-7-8-19-22(23(16)28)15(3)35(4)34-19/h6-8,12,15,17-18H,5,9-11,13H2,1-4H3/p+1/t15?,17-,18+,27+/m1/s1. The molecule has 3 aromatic rings. The first-order valence-corrected chi connectivity index (χ1v) is 13.3. The molecule has 1 aliphatic carbocycles. The van der Waals surface area contributed by atoms with Gasteiger partial charge in [0.2, 0.25) is 11.7 Å². The van der Waals surface area contributed by atoms with Crippen LogP contribution in [0.15, 0.2) is 40.2 Å². The molecule has 1 N–H and O–H groups in total. The van der Waals surface area contributed by atoms with Crippen molar-refractivity contribution in [3.05, 3.63) is 40.7 Å². The average molecular weight is 502 g/mol. The molecule has 2 aromatic heterocycles. The fraction of sp³-hybridized carbons (Fsp3) is 0.481. The normalized spacial score (nSPS) is 28.6. The summed E-state index contributed by atoms with van der Waals surface area (Å²) < 4.78 is 1.94. The van der Waals surface area contributed by atoms with Crippen molar-refractivity contribution in [1.82, 2.24) is 20.2 Å². The number of azo groups is 2. The monoisotopic (exact) mass is 501 g/mol. The topological polar surface area (TPSA) is 85.4 Å². The summed E-state index contributed by atoms with van der Waals surface area (Å²) in [5.74, 6) is 2.27. The second-order valence-electron chi connectivity index (χ2n) is 10.7. The van der Waals surface area contributed by atoms with Crippen molar-refractivity contribution in [2.75, 3.05) is 25.0 Å². The first-order valence-electron chi connectivity index (χ1n) is 12.9. The maximum absolute atomic E-state index is 6.88. The van der Waals surface area contributed by atoms with Crippen molar-refractivity contribution in [1.29, 1.82) is 0 Å². The van der Waals surface area contributed by atoms with Gasteiger partial charge >= 0.3 is 0 Å². The van der Waals surface area contributed by atoms with Crippen LogP contribution in [0.3, 0.4) is 0 Å². The molecule has 3 aliphatic heterocycles. The van der Waals surface area contributed by atoms with Crippen LogP contribution in [0.4, 0.5) is 11.5 Å². The van der Waals surface area contributed by atoms with Crippen molar-refractivity contribution in [2.45, 2.75) is 46.1 Å². The van der Waals surface area contributed by atoms with E-state index in [9.17, 15) is 0 Å². The van der Waals surface area contributed by atoms with Crippen molar-refractivity contribution >= 4 is 40.0 Å². The number of rotatable bonds is 4. The average Bonchev–Trinajstić information content (AvgIpc) is 3.20. The molecule has 4 aliphatic rings. The molecule has 7 rings (SSSR count). The number of aromatic nitrogens is 4. The second-order valence-corrected chi connectivity index (χ2v) is 11.0. The molecule has 0 spiro atoms. The van der Waals surface area contributed by atoms with E-state index >= 15 is 0 Å². The number of benzene rings is 1. The molecule has 1 saturated heterocycles. The van der Waals surface area contributed by atoms with Crippen LogP contribution in [0.25, 0.3) is 22.4 Å². The van der Waals surface area contributed by atoms with Crippen molar-refractivity contribution in [3.63, 3.8) is 0 Å². The lowest BCUT2D eigenvalue weighted by Gasteiger charge is -2.26. The summed E-state index contributed by atoms with van der Waals surface area (Å²) in [5, 5.41) is 12.9. The molecule has 4 atom stereocenters. The SMILES string of the molecule is CC[C@]1(C2=NC(C)=CC2)[C@@H]2CCN(c3cnc4c(-c5ccc6c(c5Cl)C(C)[N+](C)=N6)[nH]nc4n3)C[C@@H]21. The molecule has 36 heavy (non-hydrogen) atoms. The van der Waals surface area contributed by atoms with Gasteiger partial charge < -0.3 is 4.90 Å². The zero-order chi connectivity index (χ0) is 24.8. The first-order chi connectivity index (χ1) is 17.4. The molecule has 184 valence electrons. The van der Waals surface area contributed by atoms with E-state index < -0.39 is 0 Å². The fourth-order valence-electron chi connectivity index (χ4n) is 7.01. The van der Waals surface area contributed by atoms with Gasteiger partial charge in [0.05, 0.1) is 22.5 Å². The lowest BCUT2D eigenvalue weighted by atomic mass is 9.90. The minimum atomic E-state index is 0.120. The first kappa shape index (κ1) is 22.1. The van der Waals surface area contributed by atoms with Crippen LogP contribution in [0.2, 0.25) is 5.02 Å². The van der Waals surface area contributed by atoms with Gasteiger partial charge in [-0.15, -0.1) is 4.70 Å². The summed E-state index contributed by atoms with van der Waals surface area (Å²) in [6.45, 7) is 8.54. The van der Waals surface area contributed by atoms with Crippen LogP contribution in [0, 0.1) is 17.3 Å². The Morgan fingerprint density at radius 2 is 2.14 bits per heavy atom. The number of piperidine rings is 1. The van der Waals surface area contributed by atoms with E-state index in [4.69, 9.17) is 26.6 Å². The van der Waals surface area contributed by atoms with E-state index in [0.29, 0.717) is 16.6 Å². The molecule has 8 nitrogen and oxygen atoms in total. The predicted octanol–water partition coefficient (Wildman–Crippen LogP) is 6.07. The highest BCUT2D eigenvalue weighted by atomic mass is 35.5.